The van der Waals surface area contributed by atoms with E-state index in [1.165, 1.54) is 0 Å². The van der Waals surface area contributed by atoms with E-state index in [0.717, 1.165) is 28.0 Å². The first-order chi connectivity index (χ1) is 10.8. The van der Waals surface area contributed by atoms with E-state index in [1.54, 1.807) is 6.92 Å². The van der Waals surface area contributed by atoms with Crippen molar-refractivity contribution in [2.75, 3.05) is 11.9 Å². The van der Waals surface area contributed by atoms with E-state index in [2.05, 4.69) is 10.3 Å². The van der Waals surface area contributed by atoms with Crippen LogP contribution in [0.2, 0.25) is 0 Å². The summed E-state index contributed by atoms with van der Waals surface area (Å²) in [4.78, 5) is 27.1. The predicted octanol–water partition coefficient (Wildman–Crippen LogP) is 3.09. The number of hydrogen-bond acceptors (Lipinski definition) is 5. The van der Waals surface area contributed by atoms with Crippen molar-refractivity contribution < 1.29 is 19.4 Å². The molecule has 0 aliphatic rings. The lowest BCUT2D eigenvalue weighted by Gasteiger charge is -2.13. The highest BCUT2D eigenvalue weighted by molar-refractivity contribution is 7.17. The molecule has 2 N–H and O–H groups in total. The molecule has 122 valence electrons. The molecule has 1 amide bonds. The number of hydrogen-bond donors (Lipinski definition) is 2. The first-order valence-electron chi connectivity index (χ1n) is 6.99. The van der Waals surface area contributed by atoms with Crippen molar-refractivity contribution in [2.45, 2.75) is 27.7 Å². The van der Waals surface area contributed by atoms with Gasteiger partial charge in [-0.2, -0.15) is 0 Å². The summed E-state index contributed by atoms with van der Waals surface area (Å²) in [5.41, 5.74) is 3.42. The van der Waals surface area contributed by atoms with E-state index >= 15 is 0 Å². The number of anilines is 1. The van der Waals surface area contributed by atoms with Gasteiger partial charge < -0.3 is 9.84 Å². The van der Waals surface area contributed by atoms with Crippen LogP contribution in [0.15, 0.2) is 12.1 Å². The molecule has 0 fully saturated rings. The van der Waals surface area contributed by atoms with Crippen molar-refractivity contribution in [3.8, 4) is 5.75 Å². The van der Waals surface area contributed by atoms with Crippen molar-refractivity contribution in [1.29, 1.82) is 0 Å². The van der Waals surface area contributed by atoms with E-state index < -0.39 is 5.97 Å². The number of nitrogens with zero attached hydrogens (tertiary/aromatic N) is 1. The minimum Gasteiger partial charge on any atom is -0.483 e. The van der Waals surface area contributed by atoms with E-state index in [4.69, 9.17) is 9.84 Å². The summed E-state index contributed by atoms with van der Waals surface area (Å²) in [6.45, 7) is 7.27. The second kappa shape index (κ2) is 6.78. The van der Waals surface area contributed by atoms with Gasteiger partial charge in [0, 0.05) is 0 Å². The molecule has 0 saturated carbocycles. The third-order valence-electron chi connectivity index (χ3n) is 3.46. The van der Waals surface area contributed by atoms with Gasteiger partial charge in [0.2, 0.25) is 0 Å². The van der Waals surface area contributed by atoms with Crippen molar-refractivity contribution in [1.82, 2.24) is 4.98 Å². The van der Waals surface area contributed by atoms with Crippen molar-refractivity contribution in [2.24, 2.45) is 0 Å². The summed E-state index contributed by atoms with van der Waals surface area (Å²) in [6, 6.07) is 3.95. The molecule has 1 aromatic carbocycles. The number of nitrogens with one attached hydrogen (secondary N) is 1. The zero-order chi connectivity index (χ0) is 17.1. The molecule has 1 aromatic heterocycles. The summed E-state index contributed by atoms with van der Waals surface area (Å²) in [6.07, 6.45) is 0. The third kappa shape index (κ3) is 3.87. The Morgan fingerprint density at radius 1 is 1.22 bits per heavy atom. The van der Waals surface area contributed by atoms with Crippen molar-refractivity contribution in [3.63, 3.8) is 0 Å². The number of carbonyl (C=O) groups excluding carboxylic acids is 1. The standard InChI is InChI=1S/C16H18N2O4S/c1-8-5-6-9(2)13(10(8)3)22-7-12(19)18-16-17-11(4)14(23-16)15(20)21/h5-6H,7H2,1-4H3,(H,20,21)(H,17,18,19). The van der Waals surface area contributed by atoms with Crippen LogP contribution in [0.3, 0.4) is 0 Å². The lowest BCUT2D eigenvalue weighted by Crippen LogP contribution is -2.20. The molecular formula is C16H18N2O4S. The molecule has 0 spiro atoms. The van der Waals surface area contributed by atoms with Gasteiger partial charge in [0.15, 0.2) is 11.7 Å². The molecular weight excluding hydrogens is 316 g/mol. The number of aromatic carboxylic acids is 1. The lowest BCUT2D eigenvalue weighted by atomic mass is 10.1. The summed E-state index contributed by atoms with van der Waals surface area (Å²) in [5, 5.41) is 11.8. The minimum absolute atomic E-state index is 0.117. The van der Waals surface area contributed by atoms with E-state index in [9.17, 15) is 9.59 Å². The number of aryl methyl sites for hydroxylation is 3. The highest BCUT2D eigenvalue weighted by atomic mass is 32.1. The van der Waals surface area contributed by atoms with Crippen LogP contribution >= 0.6 is 11.3 Å². The van der Waals surface area contributed by atoms with Crippen LogP contribution in [0, 0.1) is 27.7 Å². The van der Waals surface area contributed by atoms with Gasteiger partial charge in [-0.3, -0.25) is 10.1 Å². The normalized spacial score (nSPS) is 10.4. The molecule has 0 unspecified atom stereocenters. The first-order valence-corrected chi connectivity index (χ1v) is 7.81. The smallest absolute Gasteiger partial charge is 0.347 e. The van der Waals surface area contributed by atoms with Crippen molar-refractivity contribution >= 4 is 28.3 Å². The summed E-state index contributed by atoms with van der Waals surface area (Å²) in [5.74, 6) is -0.736. The second-order valence-corrected chi connectivity index (χ2v) is 6.23. The average Bonchev–Trinajstić information content (AvgIpc) is 2.84. The molecule has 6 nitrogen and oxygen atoms in total. The fraction of sp³-hybridized carbons (Fsp3) is 0.312. The maximum atomic E-state index is 12.0. The Balaban J connectivity index is 2.02. The average molecular weight is 334 g/mol. The quantitative estimate of drug-likeness (QED) is 0.877. The van der Waals surface area contributed by atoms with Crippen LogP contribution in [-0.2, 0) is 4.79 Å². The highest BCUT2D eigenvalue weighted by Gasteiger charge is 2.16. The fourth-order valence-corrected chi connectivity index (χ4v) is 2.91. The van der Waals surface area contributed by atoms with Gasteiger partial charge in [-0.25, -0.2) is 9.78 Å². The SMILES string of the molecule is Cc1ccc(C)c(OCC(=O)Nc2nc(C)c(C(=O)O)s2)c1C. The second-order valence-electron chi connectivity index (χ2n) is 5.23. The van der Waals surface area contributed by atoms with E-state index in [-0.39, 0.29) is 22.5 Å². The number of carboxylic acids is 1. The Morgan fingerprint density at radius 2 is 1.87 bits per heavy atom. The fourth-order valence-electron chi connectivity index (χ4n) is 2.09. The minimum atomic E-state index is -1.05. The number of aromatic nitrogens is 1. The van der Waals surface area contributed by atoms with Crippen LogP contribution in [-0.4, -0.2) is 28.6 Å². The number of carboxylic acid groups (broad SMARTS) is 1. The Morgan fingerprint density at radius 3 is 2.48 bits per heavy atom. The number of benzene rings is 1. The number of amides is 1. The Bertz CT molecular complexity index is 768. The first kappa shape index (κ1) is 17.0. The number of thiazole rings is 1. The van der Waals surface area contributed by atoms with Gasteiger partial charge >= 0.3 is 5.97 Å². The molecule has 0 aliphatic heterocycles. The largest absolute Gasteiger partial charge is 0.483 e. The molecule has 23 heavy (non-hydrogen) atoms. The van der Waals surface area contributed by atoms with Gasteiger partial charge in [-0.05, 0) is 44.4 Å². The Labute approximate surface area is 138 Å². The molecule has 1 heterocycles. The monoisotopic (exact) mass is 334 g/mol. The maximum Gasteiger partial charge on any atom is 0.347 e. The Hall–Kier alpha value is -2.41. The summed E-state index contributed by atoms with van der Waals surface area (Å²) in [7, 11) is 0. The zero-order valence-corrected chi connectivity index (χ0v) is 14.2. The molecule has 0 atom stereocenters. The van der Waals surface area contributed by atoms with Gasteiger partial charge in [0.25, 0.3) is 5.91 Å². The molecule has 0 radical (unpaired) electrons. The summed E-state index contributed by atoms with van der Waals surface area (Å²) < 4.78 is 5.62. The maximum absolute atomic E-state index is 12.0. The van der Waals surface area contributed by atoms with E-state index in [1.807, 2.05) is 32.9 Å². The molecule has 0 bridgehead atoms. The molecule has 0 aliphatic carbocycles. The number of ether oxygens (including phenoxy) is 1. The topological polar surface area (TPSA) is 88.5 Å². The predicted molar refractivity (Wildman–Crippen MR) is 88.6 cm³/mol. The van der Waals surface area contributed by atoms with Crippen LogP contribution in [0.5, 0.6) is 5.75 Å². The molecule has 0 saturated heterocycles. The summed E-state index contributed by atoms with van der Waals surface area (Å²) >= 11 is 0.928. The zero-order valence-electron chi connectivity index (χ0n) is 13.4. The lowest BCUT2D eigenvalue weighted by molar-refractivity contribution is -0.118. The number of rotatable bonds is 5. The van der Waals surface area contributed by atoms with Crippen LogP contribution in [0.4, 0.5) is 5.13 Å². The molecule has 2 aromatic rings. The van der Waals surface area contributed by atoms with Crippen molar-refractivity contribution in [3.05, 3.63) is 39.4 Å². The van der Waals surface area contributed by atoms with Gasteiger partial charge in [0.05, 0.1) is 5.69 Å². The van der Waals surface area contributed by atoms with Gasteiger partial charge in [0.1, 0.15) is 10.6 Å². The molecule has 7 heteroatoms. The van der Waals surface area contributed by atoms with Crippen LogP contribution in [0.25, 0.3) is 0 Å². The highest BCUT2D eigenvalue weighted by Crippen LogP contribution is 2.26. The van der Waals surface area contributed by atoms with Gasteiger partial charge in [-0.15, -0.1) is 0 Å². The Kier molecular flexibility index (Phi) is 5.00. The number of carbonyl (C=O) groups is 2. The van der Waals surface area contributed by atoms with E-state index in [0.29, 0.717) is 11.4 Å². The third-order valence-corrected chi connectivity index (χ3v) is 4.52. The van der Waals surface area contributed by atoms with Crippen LogP contribution in [0.1, 0.15) is 32.1 Å². The van der Waals surface area contributed by atoms with Gasteiger partial charge in [-0.1, -0.05) is 23.5 Å². The molecule has 2 rings (SSSR count). The van der Waals surface area contributed by atoms with Crippen LogP contribution < -0.4 is 10.1 Å².